The molecule has 0 atom stereocenters. The first-order valence-corrected chi connectivity index (χ1v) is 13.3. The number of hydrogen-bond acceptors (Lipinski definition) is 5. The molecule has 10 heteroatoms. The second-order valence-electron chi connectivity index (χ2n) is 10.0. The number of hydrogen-bond donors (Lipinski definition) is 3. The van der Waals surface area contributed by atoms with Gasteiger partial charge in [-0.05, 0) is 78.2 Å². The first-order valence-electron chi connectivity index (χ1n) is 13.3. The monoisotopic (exact) mass is 587 g/mol. The minimum Gasteiger partial charge on any atom is -0.497 e. The average molecular weight is 588 g/mol. The Bertz CT molecular complexity index is 1750. The van der Waals surface area contributed by atoms with Gasteiger partial charge < -0.3 is 14.4 Å². The number of amides is 1. The van der Waals surface area contributed by atoms with Crippen LogP contribution in [0.5, 0.6) is 5.75 Å². The third-order valence-electron chi connectivity index (χ3n) is 7.06. The fourth-order valence-corrected chi connectivity index (χ4v) is 4.92. The van der Waals surface area contributed by atoms with Crippen molar-refractivity contribution < 1.29 is 33.0 Å². The van der Waals surface area contributed by atoms with Crippen molar-refractivity contribution in [2.24, 2.45) is 0 Å². The van der Waals surface area contributed by atoms with Crippen molar-refractivity contribution in [1.29, 1.82) is 0 Å². The van der Waals surface area contributed by atoms with Crippen molar-refractivity contribution >= 4 is 5.91 Å². The molecular weight excluding hydrogens is 559 g/mol. The molecule has 0 saturated carbocycles. The van der Waals surface area contributed by atoms with Crippen molar-refractivity contribution in [2.45, 2.75) is 26.3 Å². The summed E-state index contributed by atoms with van der Waals surface area (Å²) < 4.78 is 48.9. The molecule has 0 aliphatic carbocycles. The number of benzene rings is 4. The van der Waals surface area contributed by atoms with Crippen LogP contribution in [-0.4, -0.2) is 32.9 Å². The fraction of sp³-hybridized carbons (Fsp3) is 0.152. The fourth-order valence-electron chi connectivity index (χ4n) is 4.92. The molecule has 5 aromatic rings. The summed E-state index contributed by atoms with van der Waals surface area (Å²) >= 11 is 0. The lowest BCUT2D eigenvalue weighted by Crippen LogP contribution is -2.18. The van der Waals surface area contributed by atoms with E-state index in [0.717, 1.165) is 23.3 Å². The quantitative estimate of drug-likeness (QED) is 0.136. The summed E-state index contributed by atoms with van der Waals surface area (Å²) in [5.74, 6) is 0.287. The zero-order valence-electron chi connectivity index (χ0n) is 23.3. The summed E-state index contributed by atoms with van der Waals surface area (Å²) in [5.41, 5.74) is 5.88. The number of alkyl halides is 3. The van der Waals surface area contributed by atoms with E-state index >= 15 is 0 Å². The third-order valence-corrected chi connectivity index (χ3v) is 7.06. The molecule has 0 radical (unpaired) electrons. The summed E-state index contributed by atoms with van der Waals surface area (Å²) in [6.45, 7) is 1.67. The Morgan fingerprint density at radius 1 is 0.884 bits per heavy atom. The van der Waals surface area contributed by atoms with Gasteiger partial charge in [0.1, 0.15) is 11.6 Å². The number of aromatic nitrogens is 2. The summed E-state index contributed by atoms with van der Waals surface area (Å²) in [6, 6.07) is 24.8. The van der Waals surface area contributed by atoms with Crippen LogP contribution in [-0.2, 0) is 19.3 Å². The van der Waals surface area contributed by atoms with Crippen molar-refractivity contribution in [3.05, 3.63) is 119 Å². The highest BCUT2D eigenvalue weighted by Gasteiger charge is 2.32. The average Bonchev–Trinajstić information content (AvgIpc) is 3.39. The van der Waals surface area contributed by atoms with Gasteiger partial charge in [-0.1, -0.05) is 36.4 Å². The standard InChI is InChI=1S/C33H28F3N3O4/c1-20-15-26(17-27(16-20)33(34,35)36)31-37-29(23-7-5-22(19-40)6-8-23)30(24-11-13-28(43-2)14-12-24)39(31)18-21-3-9-25(10-4-21)32(41)38-42/h3-17,40,42H,18-19H2,1-2H3,(H,38,41). The van der Waals surface area contributed by atoms with Gasteiger partial charge in [-0.2, -0.15) is 13.2 Å². The Morgan fingerprint density at radius 2 is 1.51 bits per heavy atom. The topological polar surface area (TPSA) is 96.6 Å². The predicted octanol–water partition coefficient (Wildman–Crippen LogP) is 6.88. The summed E-state index contributed by atoms with van der Waals surface area (Å²) in [5, 5.41) is 18.6. The van der Waals surface area contributed by atoms with E-state index < -0.39 is 17.6 Å². The van der Waals surface area contributed by atoms with E-state index in [2.05, 4.69) is 0 Å². The lowest BCUT2D eigenvalue weighted by Gasteiger charge is -2.16. The van der Waals surface area contributed by atoms with Gasteiger partial charge >= 0.3 is 6.18 Å². The number of aliphatic hydroxyl groups is 1. The molecule has 0 aliphatic heterocycles. The smallest absolute Gasteiger partial charge is 0.416 e. The van der Waals surface area contributed by atoms with Gasteiger partial charge in [0, 0.05) is 28.8 Å². The zero-order chi connectivity index (χ0) is 30.7. The lowest BCUT2D eigenvalue weighted by atomic mass is 10.0. The number of aryl methyl sites for hydroxylation is 1. The molecule has 43 heavy (non-hydrogen) atoms. The number of imidazole rings is 1. The van der Waals surface area contributed by atoms with Gasteiger partial charge in [0.2, 0.25) is 0 Å². The van der Waals surface area contributed by atoms with E-state index in [0.29, 0.717) is 39.7 Å². The lowest BCUT2D eigenvalue weighted by molar-refractivity contribution is -0.137. The molecular formula is C33H28F3N3O4. The van der Waals surface area contributed by atoms with Crippen molar-refractivity contribution in [3.8, 4) is 39.7 Å². The maximum absolute atomic E-state index is 13.9. The molecule has 1 aromatic heterocycles. The van der Waals surface area contributed by atoms with Gasteiger partial charge in [-0.15, -0.1) is 0 Å². The highest BCUT2D eigenvalue weighted by molar-refractivity contribution is 5.93. The summed E-state index contributed by atoms with van der Waals surface area (Å²) in [7, 11) is 1.56. The number of nitrogens with zero attached hydrogens (tertiary/aromatic N) is 2. The molecule has 220 valence electrons. The Morgan fingerprint density at radius 3 is 2.09 bits per heavy atom. The minimum atomic E-state index is -4.55. The number of carbonyl (C=O) groups is 1. The molecule has 0 unspecified atom stereocenters. The molecule has 0 spiro atoms. The van der Waals surface area contributed by atoms with Crippen LogP contribution in [0.15, 0.2) is 91.0 Å². The molecule has 1 amide bonds. The number of ether oxygens (including phenoxy) is 1. The van der Waals surface area contributed by atoms with Crippen LogP contribution in [0, 0.1) is 6.92 Å². The first kappa shape index (κ1) is 29.6. The van der Waals surface area contributed by atoms with E-state index in [1.54, 1.807) is 74.1 Å². The Kier molecular flexibility index (Phi) is 8.33. The largest absolute Gasteiger partial charge is 0.497 e. The van der Waals surface area contributed by atoms with Crippen LogP contribution >= 0.6 is 0 Å². The third kappa shape index (κ3) is 6.30. The molecule has 1 heterocycles. The Labute approximate surface area is 245 Å². The molecule has 7 nitrogen and oxygen atoms in total. The maximum atomic E-state index is 13.9. The van der Waals surface area contributed by atoms with Gasteiger partial charge in [0.25, 0.3) is 5.91 Å². The van der Waals surface area contributed by atoms with Crippen molar-refractivity contribution in [3.63, 3.8) is 0 Å². The van der Waals surface area contributed by atoms with Crippen LogP contribution in [0.2, 0.25) is 0 Å². The molecule has 0 saturated heterocycles. The van der Waals surface area contributed by atoms with Crippen LogP contribution < -0.4 is 10.2 Å². The van der Waals surface area contributed by atoms with E-state index in [1.165, 1.54) is 0 Å². The normalized spacial score (nSPS) is 11.4. The van der Waals surface area contributed by atoms with Crippen molar-refractivity contribution in [2.75, 3.05) is 7.11 Å². The number of hydroxylamine groups is 1. The summed E-state index contributed by atoms with van der Waals surface area (Å²) in [6.07, 6.45) is -4.55. The molecule has 3 N–H and O–H groups in total. The highest BCUT2D eigenvalue weighted by atomic mass is 19.4. The maximum Gasteiger partial charge on any atom is 0.416 e. The highest BCUT2D eigenvalue weighted by Crippen LogP contribution is 2.39. The second-order valence-corrected chi connectivity index (χ2v) is 10.0. The second kappa shape index (κ2) is 12.1. The number of aliphatic hydroxyl groups excluding tert-OH is 1. The van der Waals surface area contributed by atoms with Crippen LogP contribution in [0.1, 0.15) is 32.6 Å². The van der Waals surface area contributed by atoms with Gasteiger partial charge in [0.15, 0.2) is 0 Å². The van der Waals surface area contributed by atoms with Gasteiger partial charge in [-0.3, -0.25) is 10.0 Å². The Balaban J connectivity index is 1.78. The molecule has 5 rings (SSSR count). The molecule has 0 fully saturated rings. The number of halogens is 3. The number of carbonyl (C=O) groups excluding carboxylic acids is 1. The number of rotatable bonds is 8. The minimum absolute atomic E-state index is 0.140. The van der Waals surface area contributed by atoms with E-state index in [9.17, 15) is 23.1 Å². The van der Waals surface area contributed by atoms with Gasteiger partial charge in [0.05, 0.1) is 30.7 Å². The first-order chi connectivity index (χ1) is 20.6. The molecule has 0 aliphatic rings. The number of nitrogens with one attached hydrogen (secondary N) is 1. The SMILES string of the molecule is COc1ccc(-c2c(-c3ccc(CO)cc3)nc(-c3cc(C)cc(C(F)(F)F)c3)n2Cc2ccc(C(=O)NO)cc2)cc1. The number of methoxy groups -OCH3 is 1. The molecule has 0 bridgehead atoms. The van der Waals surface area contributed by atoms with Crippen LogP contribution in [0.25, 0.3) is 33.9 Å². The zero-order valence-corrected chi connectivity index (χ0v) is 23.3. The van der Waals surface area contributed by atoms with Crippen LogP contribution in [0.4, 0.5) is 13.2 Å². The van der Waals surface area contributed by atoms with Gasteiger partial charge in [-0.25, -0.2) is 10.5 Å². The Hall–Kier alpha value is -4.93. The summed E-state index contributed by atoms with van der Waals surface area (Å²) in [4.78, 5) is 16.8. The van der Waals surface area contributed by atoms with E-state index in [4.69, 9.17) is 14.9 Å². The molecule has 4 aromatic carbocycles. The predicted molar refractivity (Wildman–Crippen MR) is 156 cm³/mol. The van der Waals surface area contributed by atoms with Crippen LogP contribution in [0.3, 0.4) is 0 Å². The van der Waals surface area contributed by atoms with Crippen molar-refractivity contribution in [1.82, 2.24) is 15.0 Å². The van der Waals surface area contributed by atoms with E-state index in [-0.39, 0.29) is 24.3 Å². The van der Waals surface area contributed by atoms with E-state index in [1.807, 2.05) is 28.8 Å².